The SMILES string of the molecule is CC(=O)[O-].CC(=O)[O-].Cc1cc([Si](C)(C)C)cc(C=NCCCN=Cc2cc([Si](C)(C)C)cc(C)c2O)c1O.[Co+2]. The first-order valence-electron chi connectivity index (χ1n) is 12.8. The minimum Gasteiger partial charge on any atom is -0.550 e. The van der Waals surface area contributed by atoms with Crippen LogP contribution in [0.25, 0.3) is 0 Å². The zero-order valence-electron chi connectivity index (χ0n) is 25.3. The van der Waals surface area contributed by atoms with Gasteiger partial charge in [-0.1, -0.05) is 73.9 Å². The molecule has 0 spiro atoms. The molecule has 0 aliphatic carbocycles. The summed E-state index contributed by atoms with van der Waals surface area (Å²) in [6.45, 7) is 20.9. The van der Waals surface area contributed by atoms with E-state index >= 15 is 0 Å². The maximum atomic E-state index is 10.4. The second-order valence-electron chi connectivity index (χ2n) is 11.4. The van der Waals surface area contributed by atoms with Crippen LogP contribution < -0.4 is 20.6 Å². The van der Waals surface area contributed by atoms with Gasteiger partial charge in [-0.05, 0) is 45.2 Å². The van der Waals surface area contributed by atoms with E-state index in [1.807, 2.05) is 13.8 Å². The predicted octanol–water partition coefficient (Wildman–Crippen LogP) is 2.24. The Morgan fingerprint density at radius 3 is 1.25 bits per heavy atom. The van der Waals surface area contributed by atoms with Gasteiger partial charge in [0.25, 0.3) is 0 Å². The fourth-order valence-corrected chi connectivity index (χ4v) is 5.73. The van der Waals surface area contributed by atoms with E-state index in [0.29, 0.717) is 24.6 Å². The number of hydrogen-bond donors (Lipinski definition) is 2. The van der Waals surface area contributed by atoms with Gasteiger partial charge < -0.3 is 30.0 Å². The Kier molecular flexibility index (Phi) is 17.6. The fourth-order valence-electron chi connectivity index (χ4n) is 3.26. The van der Waals surface area contributed by atoms with E-state index < -0.39 is 28.1 Å². The Labute approximate surface area is 251 Å². The first-order chi connectivity index (χ1) is 17.8. The van der Waals surface area contributed by atoms with Crippen molar-refractivity contribution in [3.05, 3.63) is 46.5 Å². The number of carbonyl (C=O) groups excluding carboxylic acids is 2. The summed E-state index contributed by atoms with van der Waals surface area (Å²) in [5, 5.41) is 41.1. The van der Waals surface area contributed by atoms with Crippen LogP contribution in [0.5, 0.6) is 11.5 Å². The minimum absolute atomic E-state index is 0. The van der Waals surface area contributed by atoms with E-state index in [9.17, 15) is 10.2 Å². The number of carboxylic acids is 2. The van der Waals surface area contributed by atoms with Crippen LogP contribution in [-0.4, -0.2) is 63.8 Å². The average Bonchev–Trinajstić information content (AvgIpc) is 2.76. The number of phenols is 2. The van der Waals surface area contributed by atoms with Crippen molar-refractivity contribution >= 4 is 50.9 Å². The van der Waals surface area contributed by atoms with E-state index in [1.165, 1.54) is 10.4 Å². The van der Waals surface area contributed by atoms with Gasteiger partial charge in [-0.3, -0.25) is 9.98 Å². The molecule has 0 aliphatic rings. The number of carbonyl (C=O) groups is 2. The van der Waals surface area contributed by atoms with Crippen LogP contribution >= 0.6 is 0 Å². The molecule has 40 heavy (non-hydrogen) atoms. The number of hydrogen-bond acceptors (Lipinski definition) is 8. The zero-order chi connectivity index (χ0) is 30.6. The van der Waals surface area contributed by atoms with Crippen LogP contribution in [0.3, 0.4) is 0 Å². The monoisotopic (exact) mass is 631 g/mol. The van der Waals surface area contributed by atoms with E-state index in [-0.39, 0.29) is 16.8 Å². The molecule has 0 amide bonds. The van der Waals surface area contributed by atoms with Crippen molar-refractivity contribution in [3.8, 4) is 11.5 Å². The van der Waals surface area contributed by atoms with E-state index in [4.69, 9.17) is 19.8 Å². The summed E-state index contributed by atoms with van der Waals surface area (Å²) >= 11 is 0. The van der Waals surface area contributed by atoms with Crippen molar-refractivity contribution in [3.63, 3.8) is 0 Å². The van der Waals surface area contributed by atoms with Gasteiger partial charge in [0.05, 0.1) is 16.1 Å². The van der Waals surface area contributed by atoms with Gasteiger partial charge in [0.1, 0.15) is 11.5 Å². The van der Waals surface area contributed by atoms with Gasteiger partial charge in [0, 0.05) is 48.6 Å². The Morgan fingerprint density at radius 1 is 0.725 bits per heavy atom. The number of aromatic hydroxyl groups is 2. The second kappa shape index (κ2) is 17.8. The molecule has 11 heteroatoms. The molecule has 0 saturated carbocycles. The van der Waals surface area contributed by atoms with Gasteiger partial charge >= 0.3 is 16.8 Å². The maximum absolute atomic E-state index is 10.4. The third-order valence-electron chi connectivity index (χ3n) is 5.43. The quantitative estimate of drug-likeness (QED) is 0.260. The largest absolute Gasteiger partial charge is 2.00 e. The number of carboxylic acid groups (broad SMARTS) is 2. The van der Waals surface area contributed by atoms with Crippen molar-refractivity contribution in [1.29, 1.82) is 0 Å². The predicted molar refractivity (Wildman–Crippen MR) is 163 cm³/mol. The molecule has 8 nitrogen and oxygen atoms in total. The molecule has 1 radical (unpaired) electrons. The van der Waals surface area contributed by atoms with Crippen LogP contribution in [-0.2, 0) is 26.4 Å². The summed E-state index contributed by atoms with van der Waals surface area (Å²) in [6, 6.07) is 8.35. The number of rotatable bonds is 8. The van der Waals surface area contributed by atoms with Gasteiger partial charge in [-0.25, -0.2) is 0 Å². The molecule has 0 saturated heterocycles. The maximum Gasteiger partial charge on any atom is 2.00 e. The Morgan fingerprint density at radius 2 is 1.00 bits per heavy atom. The molecule has 2 aromatic carbocycles. The summed E-state index contributed by atoms with van der Waals surface area (Å²) < 4.78 is 0. The summed E-state index contributed by atoms with van der Waals surface area (Å²) in [5.41, 5.74) is 3.40. The number of benzene rings is 2. The fraction of sp³-hybridized carbons (Fsp3) is 0.448. The first kappa shape index (κ1) is 39.4. The molecule has 0 aromatic heterocycles. The van der Waals surface area contributed by atoms with Crippen molar-refractivity contribution in [2.24, 2.45) is 9.98 Å². The van der Waals surface area contributed by atoms with Crippen LogP contribution in [0.1, 0.15) is 42.5 Å². The molecule has 0 unspecified atom stereocenters. The normalized spacial score (nSPS) is 11.2. The molecule has 0 aliphatic heterocycles. The summed E-state index contributed by atoms with van der Waals surface area (Å²) in [7, 11) is -2.90. The Bertz CT molecular complexity index is 1090. The standard InChI is InChI=1S/C25H38N2O2Si2.2C2H4O2.Co/c1-18-12-22(30(3,4)5)14-20(24(18)28)16-26-10-9-11-27-17-21-15-23(31(6,7)8)13-19(2)25(21)29;2*1-2(3)4;/h12-17,28-29H,9-11H2,1-8H3;2*1H3,(H,3,4);/q;;;+2/p-2. The van der Waals surface area contributed by atoms with Crippen molar-refractivity contribution in [2.45, 2.75) is 73.4 Å². The number of phenolic OH excluding ortho intramolecular Hbond substituents is 2. The first-order valence-corrected chi connectivity index (χ1v) is 19.8. The van der Waals surface area contributed by atoms with Crippen LogP contribution in [0.4, 0.5) is 0 Å². The number of aliphatic carboxylic acids is 2. The van der Waals surface area contributed by atoms with E-state index in [2.05, 4.69) is 73.5 Å². The van der Waals surface area contributed by atoms with Crippen molar-refractivity contribution in [1.82, 2.24) is 0 Å². The Hall–Kier alpha value is -2.74. The zero-order valence-corrected chi connectivity index (χ0v) is 28.4. The average molecular weight is 632 g/mol. The molecule has 0 heterocycles. The summed E-state index contributed by atoms with van der Waals surface area (Å²) in [6.07, 6.45) is 4.37. The van der Waals surface area contributed by atoms with Crippen molar-refractivity contribution < 1.29 is 46.8 Å². The molecule has 0 bridgehead atoms. The summed E-state index contributed by atoms with van der Waals surface area (Å²) in [5.74, 6) is -1.53. The van der Waals surface area contributed by atoms with Gasteiger partial charge in [0.15, 0.2) is 0 Å². The van der Waals surface area contributed by atoms with E-state index in [0.717, 1.165) is 42.5 Å². The minimum atomic E-state index is -1.45. The van der Waals surface area contributed by atoms with Crippen LogP contribution in [0.15, 0.2) is 34.3 Å². The van der Waals surface area contributed by atoms with E-state index in [1.54, 1.807) is 12.4 Å². The number of aryl methyl sites for hydroxylation is 2. The van der Waals surface area contributed by atoms with Gasteiger partial charge in [-0.2, -0.15) is 0 Å². The molecule has 0 atom stereocenters. The molecule has 2 aromatic rings. The van der Waals surface area contributed by atoms with Crippen LogP contribution in [0.2, 0.25) is 39.3 Å². The molecule has 223 valence electrons. The second-order valence-corrected chi connectivity index (χ2v) is 21.5. The van der Waals surface area contributed by atoms with Gasteiger partial charge in [0.2, 0.25) is 0 Å². The summed E-state index contributed by atoms with van der Waals surface area (Å²) in [4.78, 5) is 26.8. The molecular formula is C29H44CoN2O6Si2. The third-order valence-corrected chi connectivity index (χ3v) is 9.47. The molecule has 0 fully saturated rings. The molecular weight excluding hydrogens is 587 g/mol. The number of aliphatic imine (C=N–C) groups is 2. The van der Waals surface area contributed by atoms with Crippen molar-refractivity contribution in [2.75, 3.05) is 13.1 Å². The third kappa shape index (κ3) is 15.8. The number of nitrogens with zero attached hydrogens (tertiary/aromatic N) is 2. The Balaban J connectivity index is 0. The van der Waals surface area contributed by atoms with Crippen LogP contribution in [0, 0.1) is 13.8 Å². The molecule has 2 rings (SSSR count). The smallest absolute Gasteiger partial charge is 0.550 e. The molecule has 2 N–H and O–H groups in total. The topological polar surface area (TPSA) is 145 Å². The van der Waals surface area contributed by atoms with Gasteiger partial charge in [-0.15, -0.1) is 0 Å².